The lowest BCUT2D eigenvalue weighted by atomic mass is 10.3. The summed E-state index contributed by atoms with van der Waals surface area (Å²) in [5, 5.41) is 7.45. The molecule has 0 fully saturated rings. The van der Waals surface area contributed by atoms with E-state index in [1.807, 2.05) is 0 Å². The normalized spacial score (nSPS) is 22.0. The van der Waals surface area contributed by atoms with Crippen molar-refractivity contribution in [3.05, 3.63) is 23.7 Å². The fourth-order valence-corrected chi connectivity index (χ4v) is 0.712. The average molecular weight is 108 g/mol. The van der Waals surface area contributed by atoms with E-state index < -0.39 is 0 Å². The average Bonchev–Trinajstić information content (AvgIpc) is 2.15. The molecule has 2 aliphatic rings. The molecule has 0 aromatic heterocycles. The largest absolute Gasteiger partial charge is 0.494 e. The fraction of sp³-hybridized carbons (Fsp3) is 0.200. The van der Waals surface area contributed by atoms with Gasteiger partial charge in [0.1, 0.15) is 18.6 Å². The van der Waals surface area contributed by atoms with Crippen LogP contribution in [0.4, 0.5) is 0 Å². The van der Waals surface area contributed by atoms with Crippen molar-refractivity contribution in [1.82, 2.24) is 0 Å². The molecule has 0 amide bonds. The molecular weight excluding hydrogens is 104 g/mol. The Morgan fingerprint density at radius 1 is 1.62 bits per heavy atom. The van der Waals surface area contributed by atoms with Crippen LogP contribution in [0.15, 0.2) is 34.0 Å². The molecular formula is C5H4N2O. The number of fused-ring (bicyclic) bond motifs is 1. The summed E-state index contributed by atoms with van der Waals surface area (Å²) in [5.74, 6) is 0. The molecule has 3 heteroatoms. The predicted octanol–water partition coefficient (Wildman–Crippen LogP) is 1.21. The van der Waals surface area contributed by atoms with Gasteiger partial charge in [-0.15, -0.1) is 5.11 Å². The van der Waals surface area contributed by atoms with Crippen LogP contribution in [0.2, 0.25) is 0 Å². The molecule has 0 bridgehead atoms. The van der Waals surface area contributed by atoms with Gasteiger partial charge < -0.3 is 4.74 Å². The molecule has 0 radical (unpaired) electrons. The van der Waals surface area contributed by atoms with Crippen LogP contribution in [0, 0.1) is 0 Å². The highest BCUT2D eigenvalue weighted by molar-refractivity contribution is 5.34. The van der Waals surface area contributed by atoms with Crippen LogP contribution < -0.4 is 0 Å². The molecule has 0 unspecified atom stereocenters. The topological polar surface area (TPSA) is 34.0 Å². The van der Waals surface area contributed by atoms with Crippen LogP contribution in [0.5, 0.6) is 0 Å². The van der Waals surface area contributed by atoms with E-state index in [0.717, 1.165) is 11.3 Å². The highest BCUT2D eigenvalue weighted by atomic mass is 16.5. The maximum atomic E-state index is 4.93. The second-order valence-electron chi connectivity index (χ2n) is 1.68. The summed E-state index contributed by atoms with van der Waals surface area (Å²) in [7, 11) is 0. The molecule has 2 rings (SSSR count). The Hall–Kier alpha value is -1.12. The molecule has 0 atom stereocenters. The minimum absolute atomic E-state index is 0.641. The first-order valence-corrected chi connectivity index (χ1v) is 2.39. The third-order valence-corrected chi connectivity index (χ3v) is 1.14. The zero-order chi connectivity index (χ0) is 5.40. The third kappa shape index (κ3) is 0.332. The lowest BCUT2D eigenvalue weighted by Crippen LogP contribution is -1.80. The Labute approximate surface area is 46.4 Å². The Morgan fingerprint density at radius 3 is 3.50 bits per heavy atom. The molecule has 0 aliphatic carbocycles. The van der Waals surface area contributed by atoms with Crippen molar-refractivity contribution in [2.75, 3.05) is 6.61 Å². The molecule has 2 aliphatic heterocycles. The van der Waals surface area contributed by atoms with E-state index in [0.29, 0.717) is 6.61 Å². The summed E-state index contributed by atoms with van der Waals surface area (Å²) in [4.78, 5) is 0. The molecule has 2 heterocycles. The van der Waals surface area contributed by atoms with Crippen molar-refractivity contribution in [2.24, 2.45) is 10.2 Å². The molecule has 0 spiro atoms. The van der Waals surface area contributed by atoms with Crippen molar-refractivity contribution in [3.8, 4) is 0 Å². The van der Waals surface area contributed by atoms with Crippen molar-refractivity contribution >= 4 is 0 Å². The standard InChI is InChI=1S/C5H4N2O/c1-4-2-8-3-5(4)7-6-1/h1,3H,2H2. The van der Waals surface area contributed by atoms with Crippen LogP contribution in [0.1, 0.15) is 0 Å². The number of ether oxygens (including phenoxy) is 1. The third-order valence-electron chi connectivity index (χ3n) is 1.14. The van der Waals surface area contributed by atoms with Crippen molar-refractivity contribution in [2.45, 2.75) is 0 Å². The van der Waals surface area contributed by atoms with E-state index in [9.17, 15) is 0 Å². The molecule has 0 aromatic rings. The summed E-state index contributed by atoms with van der Waals surface area (Å²) in [5.41, 5.74) is 1.97. The van der Waals surface area contributed by atoms with Gasteiger partial charge in [-0.2, -0.15) is 5.11 Å². The van der Waals surface area contributed by atoms with Gasteiger partial charge in [-0.1, -0.05) is 0 Å². The first kappa shape index (κ1) is 3.83. The number of nitrogens with zero attached hydrogens (tertiary/aromatic N) is 2. The van der Waals surface area contributed by atoms with E-state index in [1.54, 1.807) is 12.5 Å². The summed E-state index contributed by atoms with van der Waals surface area (Å²) >= 11 is 0. The van der Waals surface area contributed by atoms with Crippen molar-refractivity contribution < 1.29 is 4.74 Å². The SMILES string of the molecule is C1=C2COC=C2N=N1. The van der Waals surface area contributed by atoms with Gasteiger partial charge >= 0.3 is 0 Å². The Morgan fingerprint density at radius 2 is 2.62 bits per heavy atom. The van der Waals surface area contributed by atoms with E-state index in [2.05, 4.69) is 10.2 Å². The zero-order valence-electron chi connectivity index (χ0n) is 4.16. The van der Waals surface area contributed by atoms with Crippen LogP contribution >= 0.6 is 0 Å². The zero-order valence-corrected chi connectivity index (χ0v) is 4.16. The highest BCUT2D eigenvalue weighted by Crippen LogP contribution is 2.23. The second-order valence-corrected chi connectivity index (χ2v) is 1.68. The molecule has 8 heavy (non-hydrogen) atoms. The first-order chi connectivity index (χ1) is 3.97. The van der Waals surface area contributed by atoms with Gasteiger partial charge in [-0.05, 0) is 0 Å². The number of azo groups is 1. The fourth-order valence-electron chi connectivity index (χ4n) is 0.712. The smallest absolute Gasteiger partial charge is 0.128 e. The van der Waals surface area contributed by atoms with Crippen molar-refractivity contribution in [3.63, 3.8) is 0 Å². The van der Waals surface area contributed by atoms with Crippen LogP contribution in [0.3, 0.4) is 0 Å². The minimum Gasteiger partial charge on any atom is -0.494 e. The van der Waals surface area contributed by atoms with E-state index >= 15 is 0 Å². The van der Waals surface area contributed by atoms with Crippen LogP contribution in [-0.4, -0.2) is 6.61 Å². The Bertz CT molecular complexity index is 202. The molecule has 0 saturated carbocycles. The number of hydrogen-bond acceptors (Lipinski definition) is 3. The molecule has 40 valence electrons. The van der Waals surface area contributed by atoms with E-state index in [1.165, 1.54) is 0 Å². The van der Waals surface area contributed by atoms with Gasteiger partial charge in [0.15, 0.2) is 0 Å². The molecule has 0 N–H and O–H groups in total. The Balaban J connectivity index is 2.49. The summed E-state index contributed by atoms with van der Waals surface area (Å²) in [6, 6.07) is 0. The van der Waals surface area contributed by atoms with Gasteiger partial charge in [-0.3, -0.25) is 0 Å². The summed E-state index contributed by atoms with van der Waals surface area (Å²) in [6.45, 7) is 0.641. The Kier molecular flexibility index (Phi) is 0.566. The molecule has 0 saturated heterocycles. The lowest BCUT2D eigenvalue weighted by molar-refractivity contribution is 0.301. The summed E-state index contributed by atoms with van der Waals surface area (Å²) < 4.78 is 4.93. The van der Waals surface area contributed by atoms with E-state index in [-0.39, 0.29) is 0 Å². The first-order valence-electron chi connectivity index (χ1n) is 2.39. The maximum Gasteiger partial charge on any atom is 0.128 e. The van der Waals surface area contributed by atoms with Gasteiger partial charge in [-0.25, -0.2) is 0 Å². The number of rotatable bonds is 0. The van der Waals surface area contributed by atoms with Gasteiger partial charge in [0.25, 0.3) is 0 Å². The predicted molar refractivity (Wildman–Crippen MR) is 27.0 cm³/mol. The van der Waals surface area contributed by atoms with E-state index in [4.69, 9.17) is 4.74 Å². The van der Waals surface area contributed by atoms with Gasteiger partial charge in [0.05, 0.1) is 6.20 Å². The quantitative estimate of drug-likeness (QED) is 0.459. The maximum absolute atomic E-state index is 4.93. The molecule has 3 nitrogen and oxygen atoms in total. The van der Waals surface area contributed by atoms with Crippen LogP contribution in [0.25, 0.3) is 0 Å². The summed E-state index contributed by atoms with van der Waals surface area (Å²) in [6.07, 6.45) is 3.35. The monoisotopic (exact) mass is 108 g/mol. The lowest BCUT2D eigenvalue weighted by Gasteiger charge is -1.83. The molecule has 0 aromatic carbocycles. The van der Waals surface area contributed by atoms with Crippen molar-refractivity contribution in [1.29, 1.82) is 0 Å². The van der Waals surface area contributed by atoms with Gasteiger partial charge in [0.2, 0.25) is 0 Å². The highest BCUT2D eigenvalue weighted by Gasteiger charge is 2.14. The minimum atomic E-state index is 0.641. The van der Waals surface area contributed by atoms with Gasteiger partial charge in [0, 0.05) is 5.57 Å². The number of hydrogen-bond donors (Lipinski definition) is 0. The second kappa shape index (κ2) is 1.18. The van der Waals surface area contributed by atoms with Crippen LogP contribution in [-0.2, 0) is 4.74 Å².